The molecule has 6 nitrogen and oxygen atoms in total. The first-order valence-electron chi connectivity index (χ1n) is 7.50. The highest BCUT2D eigenvalue weighted by Gasteiger charge is 2.29. The zero-order valence-corrected chi connectivity index (χ0v) is 14.7. The second kappa shape index (κ2) is 6.79. The Kier molecular flexibility index (Phi) is 4.68. The van der Waals surface area contributed by atoms with Crippen molar-refractivity contribution in [3.8, 4) is 0 Å². The van der Waals surface area contributed by atoms with Crippen LogP contribution in [0.3, 0.4) is 0 Å². The number of nitrogens with zero attached hydrogens (tertiary/aromatic N) is 3. The summed E-state index contributed by atoms with van der Waals surface area (Å²) in [6.45, 7) is 3.86. The minimum atomic E-state index is -4.38. The van der Waals surface area contributed by atoms with E-state index in [9.17, 15) is 13.2 Å². The molecule has 0 aliphatic heterocycles. The first-order valence-corrected chi connectivity index (χ1v) is 8.31. The molecule has 0 radical (unpaired) electrons. The minimum Gasteiger partial charge on any atom is -0.393 e. The number of hydrogen-bond acceptors (Lipinski definition) is 7. The lowest BCUT2D eigenvalue weighted by atomic mass is 10.2. The third-order valence-electron chi connectivity index (χ3n) is 3.61. The number of nitrogens with two attached hydrogens (primary N) is 1. The van der Waals surface area contributed by atoms with E-state index in [4.69, 9.17) is 5.73 Å². The largest absolute Gasteiger partial charge is 0.416 e. The van der Waals surface area contributed by atoms with E-state index in [1.165, 1.54) is 29.8 Å². The van der Waals surface area contributed by atoms with Crippen LogP contribution in [0.2, 0.25) is 0 Å². The SMILES string of the molecule is Cc1nc(Nc2ncnc(Nc3ccc(C(F)(F)F)cc3)c2N)sc1C. The number of thiazole rings is 1. The van der Waals surface area contributed by atoms with Gasteiger partial charge in [-0.1, -0.05) is 0 Å². The predicted molar refractivity (Wildman–Crippen MR) is 96.0 cm³/mol. The maximum atomic E-state index is 12.6. The predicted octanol–water partition coefficient (Wildman–Crippen LogP) is 4.64. The summed E-state index contributed by atoms with van der Waals surface area (Å²) >= 11 is 1.47. The number of aryl methyl sites for hydroxylation is 2. The van der Waals surface area contributed by atoms with Crippen LogP contribution < -0.4 is 16.4 Å². The molecule has 3 aromatic rings. The Labute approximate surface area is 151 Å². The van der Waals surface area contributed by atoms with Crippen LogP contribution in [0.25, 0.3) is 0 Å². The average Bonchev–Trinajstić information content (AvgIpc) is 2.89. The molecule has 0 amide bonds. The quantitative estimate of drug-likeness (QED) is 0.611. The summed E-state index contributed by atoms with van der Waals surface area (Å²) in [5.41, 5.74) is 6.91. The number of anilines is 5. The molecule has 4 N–H and O–H groups in total. The minimum absolute atomic E-state index is 0.234. The molecule has 0 bridgehead atoms. The lowest BCUT2D eigenvalue weighted by Gasteiger charge is -2.12. The number of rotatable bonds is 4. The summed E-state index contributed by atoms with van der Waals surface area (Å²) in [5, 5.41) is 6.57. The van der Waals surface area contributed by atoms with Crippen molar-refractivity contribution in [3.05, 3.63) is 46.7 Å². The highest BCUT2D eigenvalue weighted by Crippen LogP contribution is 2.32. The molecule has 1 aromatic carbocycles. The van der Waals surface area contributed by atoms with E-state index < -0.39 is 11.7 Å². The van der Waals surface area contributed by atoms with E-state index in [1.54, 1.807) is 0 Å². The van der Waals surface area contributed by atoms with Crippen molar-refractivity contribution in [3.63, 3.8) is 0 Å². The second-order valence-electron chi connectivity index (χ2n) is 5.47. The van der Waals surface area contributed by atoms with Crippen LogP contribution in [-0.4, -0.2) is 15.0 Å². The summed E-state index contributed by atoms with van der Waals surface area (Å²) in [7, 11) is 0. The maximum absolute atomic E-state index is 12.6. The topological polar surface area (TPSA) is 88.8 Å². The van der Waals surface area contributed by atoms with Gasteiger partial charge in [-0.05, 0) is 38.1 Å². The molecule has 2 aromatic heterocycles. The molecule has 0 unspecified atom stereocenters. The molecule has 0 fully saturated rings. The van der Waals surface area contributed by atoms with Crippen molar-refractivity contribution in [2.75, 3.05) is 16.4 Å². The van der Waals surface area contributed by atoms with Gasteiger partial charge in [0.2, 0.25) is 0 Å². The van der Waals surface area contributed by atoms with Crippen LogP contribution in [0.1, 0.15) is 16.1 Å². The van der Waals surface area contributed by atoms with Gasteiger partial charge in [-0.15, -0.1) is 11.3 Å². The molecular weight excluding hydrogens is 365 g/mol. The molecule has 0 saturated carbocycles. The fraction of sp³-hybridized carbons (Fsp3) is 0.188. The first kappa shape index (κ1) is 17.9. The monoisotopic (exact) mass is 380 g/mol. The third kappa shape index (κ3) is 3.85. The second-order valence-corrected chi connectivity index (χ2v) is 6.67. The van der Waals surface area contributed by atoms with Gasteiger partial charge in [-0.2, -0.15) is 13.2 Å². The highest BCUT2D eigenvalue weighted by molar-refractivity contribution is 7.15. The van der Waals surface area contributed by atoms with Gasteiger partial charge in [0, 0.05) is 10.6 Å². The molecule has 0 atom stereocenters. The number of benzene rings is 1. The zero-order valence-electron chi connectivity index (χ0n) is 13.8. The maximum Gasteiger partial charge on any atom is 0.416 e. The van der Waals surface area contributed by atoms with Crippen molar-refractivity contribution in [2.45, 2.75) is 20.0 Å². The van der Waals surface area contributed by atoms with Gasteiger partial charge in [-0.3, -0.25) is 0 Å². The first-order chi connectivity index (χ1) is 12.2. The summed E-state index contributed by atoms with van der Waals surface area (Å²) < 4.78 is 37.9. The van der Waals surface area contributed by atoms with Gasteiger partial charge in [0.1, 0.15) is 12.0 Å². The van der Waals surface area contributed by atoms with Crippen LogP contribution in [0.5, 0.6) is 0 Å². The van der Waals surface area contributed by atoms with Crippen molar-refractivity contribution in [1.29, 1.82) is 0 Å². The average molecular weight is 380 g/mol. The number of hydrogen-bond donors (Lipinski definition) is 3. The van der Waals surface area contributed by atoms with Crippen molar-refractivity contribution < 1.29 is 13.2 Å². The summed E-state index contributed by atoms with van der Waals surface area (Å²) in [5.74, 6) is 0.649. The number of nitrogens with one attached hydrogen (secondary N) is 2. The highest BCUT2D eigenvalue weighted by atomic mass is 32.1. The lowest BCUT2D eigenvalue weighted by Crippen LogP contribution is -2.06. The van der Waals surface area contributed by atoms with Gasteiger partial charge in [0.25, 0.3) is 0 Å². The van der Waals surface area contributed by atoms with Gasteiger partial charge in [0.05, 0.1) is 11.3 Å². The Hall–Kier alpha value is -2.88. The van der Waals surface area contributed by atoms with E-state index in [-0.39, 0.29) is 11.5 Å². The Bertz CT molecular complexity index is 901. The standard InChI is InChI=1S/C16H15F3N6S/c1-8-9(2)26-15(23-8)25-14-12(20)13(21-7-22-14)24-11-5-3-10(4-6-11)16(17,18)19/h3-7H,20H2,1-2H3,(H2,21,22,23,24,25). The zero-order chi connectivity index (χ0) is 18.9. The van der Waals surface area contributed by atoms with Crippen LogP contribution in [0, 0.1) is 13.8 Å². The van der Waals surface area contributed by atoms with E-state index in [0.717, 1.165) is 22.7 Å². The van der Waals surface area contributed by atoms with E-state index >= 15 is 0 Å². The Morgan fingerprint density at radius 2 is 1.62 bits per heavy atom. The number of alkyl halides is 3. The van der Waals surface area contributed by atoms with E-state index in [1.807, 2.05) is 13.8 Å². The van der Waals surface area contributed by atoms with Gasteiger partial charge >= 0.3 is 6.18 Å². The van der Waals surface area contributed by atoms with Gasteiger partial charge in [-0.25, -0.2) is 15.0 Å². The van der Waals surface area contributed by atoms with E-state index in [2.05, 4.69) is 25.6 Å². The molecule has 2 heterocycles. The Morgan fingerprint density at radius 1 is 1.00 bits per heavy atom. The molecule has 0 spiro atoms. The molecule has 0 aliphatic rings. The number of aromatic nitrogens is 3. The van der Waals surface area contributed by atoms with Crippen LogP contribution >= 0.6 is 11.3 Å². The fourth-order valence-electron chi connectivity index (χ4n) is 2.10. The van der Waals surface area contributed by atoms with Gasteiger partial charge in [0.15, 0.2) is 16.8 Å². The summed E-state index contributed by atoms with van der Waals surface area (Å²) in [4.78, 5) is 13.6. The molecule has 136 valence electrons. The molecule has 26 heavy (non-hydrogen) atoms. The van der Waals surface area contributed by atoms with Crippen LogP contribution in [-0.2, 0) is 6.18 Å². The Balaban J connectivity index is 1.80. The smallest absolute Gasteiger partial charge is 0.393 e. The van der Waals surface area contributed by atoms with Crippen molar-refractivity contribution >= 4 is 39.5 Å². The number of halogens is 3. The molecule has 10 heteroatoms. The third-order valence-corrected chi connectivity index (χ3v) is 4.60. The van der Waals surface area contributed by atoms with Crippen LogP contribution in [0.4, 0.5) is 41.3 Å². The normalized spacial score (nSPS) is 11.4. The molecule has 0 saturated heterocycles. The fourth-order valence-corrected chi connectivity index (χ4v) is 2.92. The number of nitrogen functional groups attached to an aromatic ring is 1. The summed E-state index contributed by atoms with van der Waals surface area (Å²) in [6, 6.07) is 4.59. The van der Waals surface area contributed by atoms with Gasteiger partial charge < -0.3 is 16.4 Å². The van der Waals surface area contributed by atoms with Crippen LogP contribution in [0.15, 0.2) is 30.6 Å². The molecule has 3 rings (SSSR count). The van der Waals surface area contributed by atoms with Crippen molar-refractivity contribution in [2.24, 2.45) is 0 Å². The molecule has 0 aliphatic carbocycles. The lowest BCUT2D eigenvalue weighted by molar-refractivity contribution is -0.137. The Morgan fingerprint density at radius 3 is 2.15 bits per heavy atom. The van der Waals surface area contributed by atoms with E-state index in [0.29, 0.717) is 16.6 Å². The van der Waals surface area contributed by atoms with Crippen molar-refractivity contribution in [1.82, 2.24) is 15.0 Å². The summed E-state index contributed by atoms with van der Waals surface area (Å²) in [6.07, 6.45) is -3.08. The molecular formula is C16H15F3N6S.